The molecule has 10 nitrogen and oxygen atoms in total. The molecule has 0 fully saturated rings. The lowest BCUT2D eigenvalue weighted by molar-refractivity contribution is -0.113. The van der Waals surface area contributed by atoms with Crippen molar-refractivity contribution < 1.29 is 23.8 Å². The number of esters is 1. The lowest BCUT2D eigenvalue weighted by Gasteiger charge is -2.29. The molecule has 1 unspecified atom stereocenters. The van der Waals surface area contributed by atoms with Crippen LogP contribution < -0.4 is 20.1 Å². The summed E-state index contributed by atoms with van der Waals surface area (Å²) in [6.07, 6.45) is 0. The first-order chi connectivity index (χ1) is 16.0. The summed E-state index contributed by atoms with van der Waals surface area (Å²) in [5.74, 6) is 0.377. The van der Waals surface area contributed by atoms with Crippen LogP contribution in [-0.2, 0) is 9.53 Å². The van der Waals surface area contributed by atoms with E-state index < -0.39 is 12.0 Å². The number of amides is 1. The monoisotopic (exact) mass is 449 g/mol. The largest absolute Gasteiger partial charge is 0.497 e. The van der Waals surface area contributed by atoms with Crippen LogP contribution in [0.2, 0.25) is 0 Å². The summed E-state index contributed by atoms with van der Waals surface area (Å²) in [4.78, 5) is 29.8. The third kappa shape index (κ3) is 4.10. The SMILES string of the molecule is COC(=O)c1nc2n(n1)C(c1ccc(OC)cc1)C(C(=O)Nc1ccccc1OC)=C(C)N2. The van der Waals surface area contributed by atoms with Crippen LogP contribution in [0.15, 0.2) is 59.8 Å². The van der Waals surface area contributed by atoms with Gasteiger partial charge in [-0.05, 0) is 36.8 Å². The van der Waals surface area contributed by atoms with Crippen LogP contribution >= 0.6 is 0 Å². The first-order valence-electron chi connectivity index (χ1n) is 10.1. The molecule has 1 amide bonds. The lowest BCUT2D eigenvalue weighted by atomic mass is 9.95. The topological polar surface area (TPSA) is 117 Å². The van der Waals surface area contributed by atoms with Crippen LogP contribution in [0.1, 0.15) is 29.1 Å². The summed E-state index contributed by atoms with van der Waals surface area (Å²) in [7, 11) is 4.37. The maximum atomic E-state index is 13.5. The van der Waals surface area contributed by atoms with E-state index in [-0.39, 0.29) is 11.7 Å². The zero-order valence-corrected chi connectivity index (χ0v) is 18.6. The van der Waals surface area contributed by atoms with E-state index in [4.69, 9.17) is 14.2 Å². The maximum absolute atomic E-state index is 13.5. The van der Waals surface area contributed by atoms with Crippen molar-refractivity contribution in [2.45, 2.75) is 13.0 Å². The molecule has 0 saturated heterocycles. The normalized spacial score (nSPS) is 14.7. The quantitative estimate of drug-likeness (QED) is 0.552. The van der Waals surface area contributed by atoms with Crippen molar-refractivity contribution in [3.05, 3.63) is 71.2 Å². The second-order valence-electron chi connectivity index (χ2n) is 7.19. The second-order valence-corrected chi connectivity index (χ2v) is 7.19. The smallest absolute Gasteiger partial charge is 0.378 e. The Balaban J connectivity index is 1.80. The highest BCUT2D eigenvalue weighted by Crippen LogP contribution is 2.37. The van der Waals surface area contributed by atoms with Crippen molar-refractivity contribution >= 4 is 23.5 Å². The molecule has 0 bridgehead atoms. The Kier molecular flexibility index (Phi) is 5.99. The van der Waals surface area contributed by atoms with Crippen LogP contribution in [0.4, 0.5) is 11.6 Å². The fourth-order valence-electron chi connectivity index (χ4n) is 3.65. The fourth-order valence-corrected chi connectivity index (χ4v) is 3.65. The molecule has 1 aromatic heterocycles. The summed E-state index contributed by atoms with van der Waals surface area (Å²) >= 11 is 0. The Bertz CT molecular complexity index is 1230. The molecule has 170 valence electrons. The Labute approximate surface area is 190 Å². The van der Waals surface area contributed by atoms with Gasteiger partial charge in [-0.15, -0.1) is 5.10 Å². The summed E-state index contributed by atoms with van der Waals surface area (Å²) in [5.41, 5.74) is 2.25. The fraction of sp³-hybridized carbons (Fsp3) is 0.217. The van der Waals surface area contributed by atoms with Crippen LogP contribution in [-0.4, -0.2) is 48.0 Å². The number of ether oxygens (including phenoxy) is 3. The van der Waals surface area contributed by atoms with Crippen molar-refractivity contribution in [2.24, 2.45) is 0 Å². The third-order valence-electron chi connectivity index (χ3n) is 5.25. The summed E-state index contributed by atoms with van der Waals surface area (Å²) in [5, 5.41) is 10.3. The minimum absolute atomic E-state index is 0.113. The minimum Gasteiger partial charge on any atom is -0.497 e. The van der Waals surface area contributed by atoms with Crippen molar-refractivity contribution in [3.63, 3.8) is 0 Å². The van der Waals surface area contributed by atoms with E-state index >= 15 is 0 Å². The van der Waals surface area contributed by atoms with Gasteiger partial charge in [-0.25, -0.2) is 9.48 Å². The summed E-state index contributed by atoms with van der Waals surface area (Å²) in [6, 6.07) is 13.7. The van der Waals surface area contributed by atoms with Crippen molar-refractivity contribution in [3.8, 4) is 11.5 Å². The van der Waals surface area contributed by atoms with Gasteiger partial charge in [-0.3, -0.25) is 4.79 Å². The van der Waals surface area contributed by atoms with Gasteiger partial charge in [0.2, 0.25) is 5.95 Å². The van der Waals surface area contributed by atoms with E-state index in [9.17, 15) is 9.59 Å². The molecule has 2 heterocycles. The van der Waals surface area contributed by atoms with Gasteiger partial charge in [0.05, 0.1) is 32.6 Å². The maximum Gasteiger partial charge on any atom is 0.378 e. The first-order valence-corrected chi connectivity index (χ1v) is 10.1. The van der Waals surface area contributed by atoms with Gasteiger partial charge in [-0.2, -0.15) is 4.98 Å². The van der Waals surface area contributed by atoms with E-state index in [2.05, 4.69) is 20.7 Å². The number of aromatic nitrogens is 3. The van der Waals surface area contributed by atoms with Crippen LogP contribution in [0.3, 0.4) is 0 Å². The molecule has 0 radical (unpaired) electrons. The highest BCUT2D eigenvalue weighted by molar-refractivity contribution is 6.06. The molecule has 4 rings (SSSR count). The van der Waals surface area contributed by atoms with Gasteiger partial charge >= 0.3 is 5.97 Å². The molecule has 2 N–H and O–H groups in total. The predicted octanol–water partition coefficient (Wildman–Crippen LogP) is 3.01. The van der Waals surface area contributed by atoms with Gasteiger partial charge in [0.25, 0.3) is 11.7 Å². The van der Waals surface area contributed by atoms with Gasteiger partial charge < -0.3 is 24.8 Å². The molecular formula is C23H23N5O5. The zero-order chi connectivity index (χ0) is 23.5. The molecule has 1 aliphatic rings. The highest BCUT2D eigenvalue weighted by atomic mass is 16.5. The van der Waals surface area contributed by atoms with Crippen LogP contribution in [0.5, 0.6) is 11.5 Å². The molecule has 1 atom stereocenters. The standard InChI is InChI=1S/C23H23N5O5/c1-13-18(21(29)25-16-7-5-6-8-17(16)32-3)19(14-9-11-15(31-2)12-10-14)28-23(24-13)26-20(27-28)22(30)33-4/h5-12,19H,1-4H3,(H,25,29)(H,24,26,27). The van der Waals surface area contributed by atoms with Gasteiger partial charge in [0.1, 0.15) is 17.5 Å². The number of nitrogens with one attached hydrogen (secondary N) is 2. The summed E-state index contributed by atoms with van der Waals surface area (Å²) < 4.78 is 16.9. The number of benzene rings is 2. The number of anilines is 2. The predicted molar refractivity (Wildman–Crippen MR) is 120 cm³/mol. The van der Waals surface area contributed by atoms with Crippen molar-refractivity contribution in [2.75, 3.05) is 32.0 Å². The van der Waals surface area contributed by atoms with Crippen LogP contribution in [0, 0.1) is 0 Å². The van der Waals surface area contributed by atoms with E-state index in [0.29, 0.717) is 34.4 Å². The van der Waals surface area contributed by atoms with Crippen molar-refractivity contribution in [1.29, 1.82) is 0 Å². The first kappa shape index (κ1) is 21.9. The number of methoxy groups -OCH3 is 3. The minimum atomic E-state index is -0.676. The summed E-state index contributed by atoms with van der Waals surface area (Å²) in [6.45, 7) is 1.77. The third-order valence-corrected chi connectivity index (χ3v) is 5.25. The van der Waals surface area contributed by atoms with E-state index in [0.717, 1.165) is 5.56 Å². The van der Waals surface area contributed by atoms with E-state index in [1.54, 1.807) is 44.4 Å². The molecule has 1 aliphatic heterocycles. The second kappa shape index (κ2) is 9.03. The Morgan fingerprint density at radius 3 is 2.42 bits per heavy atom. The van der Waals surface area contributed by atoms with Crippen LogP contribution in [0.25, 0.3) is 0 Å². The number of fused-ring (bicyclic) bond motifs is 1. The number of para-hydroxylation sites is 2. The molecule has 33 heavy (non-hydrogen) atoms. The lowest BCUT2D eigenvalue weighted by Crippen LogP contribution is -2.31. The number of nitrogens with zero attached hydrogens (tertiary/aromatic N) is 3. The number of carbonyl (C=O) groups is 2. The number of carbonyl (C=O) groups excluding carboxylic acids is 2. The molecule has 3 aromatic rings. The number of hydrogen-bond donors (Lipinski definition) is 2. The Hall–Kier alpha value is -4.34. The van der Waals surface area contributed by atoms with Gasteiger partial charge in [-0.1, -0.05) is 24.3 Å². The number of allylic oxidation sites excluding steroid dienone is 1. The molecule has 10 heteroatoms. The Morgan fingerprint density at radius 1 is 1.03 bits per heavy atom. The number of hydrogen-bond acceptors (Lipinski definition) is 8. The average molecular weight is 449 g/mol. The highest BCUT2D eigenvalue weighted by Gasteiger charge is 2.35. The zero-order valence-electron chi connectivity index (χ0n) is 18.6. The molecule has 0 spiro atoms. The van der Waals surface area contributed by atoms with E-state index in [1.165, 1.54) is 18.9 Å². The number of rotatable bonds is 6. The van der Waals surface area contributed by atoms with Crippen molar-refractivity contribution in [1.82, 2.24) is 14.8 Å². The average Bonchev–Trinajstić information content (AvgIpc) is 3.26. The molecular weight excluding hydrogens is 426 g/mol. The molecule has 2 aromatic carbocycles. The van der Waals surface area contributed by atoms with E-state index in [1.807, 2.05) is 18.2 Å². The van der Waals surface area contributed by atoms with Gasteiger partial charge in [0.15, 0.2) is 0 Å². The molecule has 0 saturated carbocycles. The van der Waals surface area contributed by atoms with Gasteiger partial charge in [0, 0.05) is 5.70 Å². The Morgan fingerprint density at radius 2 is 1.76 bits per heavy atom. The molecule has 0 aliphatic carbocycles.